The first kappa shape index (κ1) is 17.1. The first-order valence-corrected chi connectivity index (χ1v) is 8.88. The van der Waals surface area contributed by atoms with E-state index in [1.54, 1.807) is 18.2 Å². The zero-order valence-corrected chi connectivity index (χ0v) is 14.9. The van der Waals surface area contributed by atoms with E-state index in [-0.39, 0.29) is 5.91 Å². The maximum Gasteiger partial charge on any atom is 0.257 e. The van der Waals surface area contributed by atoms with Crippen LogP contribution in [-0.2, 0) is 6.42 Å². The van der Waals surface area contributed by atoms with Crippen LogP contribution in [0.2, 0.25) is 0 Å². The smallest absolute Gasteiger partial charge is 0.257 e. The number of hydrogen-bond acceptors (Lipinski definition) is 5. The second kappa shape index (κ2) is 7.90. The summed E-state index contributed by atoms with van der Waals surface area (Å²) < 4.78 is 5.76. The third kappa shape index (κ3) is 4.87. The van der Waals surface area contributed by atoms with Crippen molar-refractivity contribution >= 4 is 22.4 Å². The second-order valence-electron chi connectivity index (χ2n) is 6.00. The van der Waals surface area contributed by atoms with Crippen LogP contribution in [0.15, 0.2) is 54.6 Å². The van der Waals surface area contributed by atoms with Gasteiger partial charge in [-0.15, -0.1) is 10.2 Å². The number of amides is 1. The van der Waals surface area contributed by atoms with Crippen molar-refractivity contribution in [1.29, 1.82) is 0 Å². The molecule has 0 aliphatic rings. The van der Waals surface area contributed by atoms with E-state index in [1.807, 2.05) is 36.4 Å². The van der Waals surface area contributed by atoms with Crippen molar-refractivity contribution in [3.8, 4) is 11.5 Å². The molecule has 128 valence electrons. The van der Waals surface area contributed by atoms with Crippen LogP contribution in [0.3, 0.4) is 0 Å². The van der Waals surface area contributed by atoms with Crippen LogP contribution in [0.25, 0.3) is 0 Å². The van der Waals surface area contributed by atoms with E-state index in [2.05, 4.69) is 29.4 Å². The van der Waals surface area contributed by atoms with Gasteiger partial charge in [-0.1, -0.05) is 49.4 Å². The molecular formula is C19H19N3O2S. The van der Waals surface area contributed by atoms with Gasteiger partial charge in [-0.05, 0) is 36.2 Å². The summed E-state index contributed by atoms with van der Waals surface area (Å²) in [5, 5.41) is 12.4. The van der Waals surface area contributed by atoms with Crippen LogP contribution >= 0.6 is 11.3 Å². The highest BCUT2D eigenvalue weighted by molar-refractivity contribution is 7.15. The Morgan fingerprint density at radius 3 is 2.60 bits per heavy atom. The summed E-state index contributed by atoms with van der Waals surface area (Å²) in [4.78, 5) is 12.4. The molecule has 3 aromatic rings. The van der Waals surface area contributed by atoms with Gasteiger partial charge < -0.3 is 4.74 Å². The van der Waals surface area contributed by atoms with Crippen LogP contribution in [0, 0.1) is 5.92 Å². The molecule has 5 nitrogen and oxygen atoms in total. The first-order valence-electron chi connectivity index (χ1n) is 8.07. The molecule has 25 heavy (non-hydrogen) atoms. The number of rotatable bonds is 6. The van der Waals surface area contributed by atoms with Crippen LogP contribution in [0.1, 0.15) is 29.2 Å². The highest BCUT2D eigenvalue weighted by atomic mass is 32.1. The lowest BCUT2D eigenvalue weighted by molar-refractivity contribution is 0.102. The molecule has 3 rings (SSSR count). The molecule has 1 amide bonds. The zero-order chi connectivity index (χ0) is 17.6. The molecule has 1 N–H and O–H groups in total. The minimum absolute atomic E-state index is 0.231. The van der Waals surface area contributed by atoms with Crippen molar-refractivity contribution in [2.75, 3.05) is 5.32 Å². The largest absolute Gasteiger partial charge is 0.457 e. The van der Waals surface area contributed by atoms with Crippen molar-refractivity contribution in [2.24, 2.45) is 5.92 Å². The molecule has 2 aromatic carbocycles. The number of anilines is 1. The van der Waals surface area contributed by atoms with Crippen LogP contribution in [0.5, 0.6) is 11.5 Å². The summed E-state index contributed by atoms with van der Waals surface area (Å²) in [6.45, 7) is 4.25. The molecular weight excluding hydrogens is 334 g/mol. The summed E-state index contributed by atoms with van der Waals surface area (Å²) in [5.74, 6) is 1.60. The molecule has 6 heteroatoms. The lowest BCUT2D eigenvalue weighted by atomic mass is 10.1. The lowest BCUT2D eigenvalue weighted by Gasteiger charge is -2.07. The Hall–Kier alpha value is -2.73. The van der Waals surface area contributed by atoms with Gasteiger partial charge in [-0.25, -0.2) is 0 Å². The average molecular weight is 353 g/mol. The van der Waals surface area contributed by atoms with E-state index >= 15 is 0 Å². The van der Waals surface area contributed by atoms with Crippen LogP contribution in [-0.4, -0.2) is 16.1 Å². The van der Waals surface area contributed by atoms with Crippen molar-refractivity contribution in [3.63, 3.8) is 0 Å². The predicted molar refractivity (Wildman–Crippen MR) is 99.4 cm³/mol. The minimum atomic E-state index is -0.231. The molecule has 0 saturated carbocycles. The number of nitrogens with zero attached hydrogens (tertiary/aromatic N) is 2. The molecule has 0 aliphatic heterocycles. The molecule has 1 heterocycles. The number of hydrogen-bond donors (Lipinski definition) is 1. The number of benzene rings is 2. The van der Waals surface area contributed by atoms with E-state index in [4.69, 9.17) is 4.74 Å². The molecule has 0 saturated heterocycles. The predicted octanol–water partition coefficient (Wildman–Crippen LogP) is 4.78. The molecule has 0 fully saturated rings. The number of nitrogens with one attached hydrogen (secondary N) is 1. The molecule has 0 bridgehead atoms. The Kier molecular flexibility index (Phi) is 5.40. The van der Waals surface area contributed by atoms with Gasteiger partial charge in [0.2, 0.25) is 5.13 Å². The highest BCUT2D eigenvalue weighted by Crippen LogP contribution is 2.23. The third-order valence-electron chi connectivity index (χ3n) is 3.35. The fourth-order valence-corrected chi connectivity index (χ4v) is 3.18. The van der Waals surface area contributed by atoms with Crippen LogP contribution in [0.4, 0.5) is 5.13 Å². The van der Waals surface area contributed by atoms with Gasteiger partial charge in [0.15, 0.2) is 0 Å². The maximum absolute atomic E-state index is 12.4. The van der Waals surface area contributed by atoms with Gasteiger partial charge in [0.05, 0.1) is 0 Å². The molecule has 1 aromatic heterocycles. The Labute approximate surface area is 150 Å². The Morgan fingerprint density at radius 2 is 1.84 bits per heavy atom. The standard InChI is InChI=1S/C19H19N3O2S/c1-13(2)11-17-21-22-19(25-17)20-18(23)14-7-6-10-16(12-14)24-15-8-4-3-5-9-15/h3-10,12-13H,11H2,1-2H3,(H,20,22,23). The van der Waals surface area contributed by atoms with E-state index in [9.17, 15) is 4.79 Å². The van der Waals surface area contributed by atoms with E-state index in [0.717, 1.165) is 17.2 Å². The fourth-order valence-electron chi connectivity index (χ4n) is 2.23. The van der Waals surface area contributed by atoms with E-state index < -0.39 is 0 Å². The normalized spacial score (nSPS) is 10.7. The summed E-state index contributed by atoms with van der Waals surface area (Å²) in [6.07, 6.45) is 0.855. The first-order chi connectivity index (χ1) is 12.1. The Morgan fingerprint density at radius 1 is 1.08 bits per heavy atom. The fraction of sp³-hybridized carbons (Fsp3) is 0.211. The zero-order valence-electron chi connectivity index (χ0n) is 14.1. The average Bonchev–Trinajstić information content (AvgIpc) is 3.02. The molecule has 0 aliphatic carbocycles. The lowest BCUT2D eigenvalue weighted by Crippen LogP contribution is -2.11. The second-order valence-corrected chi connectivity index (χ2v) is 7.06. The van der Waals surface area contributed by atoms with Crippen molar-refractivity contribution in [1.82, 2.24) is 10.2 Å². The number of carbonyl (C=O) groups excluding carboxylic acids is 1. The maximum atomic E-state index is 12.4. The van der Waals surface area contributed by atoms with Gasteiger partial charge in [-0.2, -0.15) is 0 Å². The quantitative estimate of drug-likeness (QED) is 0.692. The topological polar surface area (TPSA) is 64.1 Å². The van der Waals surface area contributed by atoms with E-state index in [1.165, 1.54) is 11.3 Å². The Bertz CT molecular complexity index is 847. The van der Waals surface area contributed by atoms with Crippen molar-refractivity contribution < 1.29 is 9.53 Å². The van der Waals surface area contributed by atoms with Gasteiger partial charge in [-0.3, -0.25) is 10.1 Å². The Balaban J connectivity index is 1.68. The van der Waals surface area contributed by atoms with Crippen LogP contribution < -0.4 is 10.1 Å². The molecule has 0 atom stereocenters. The summed E-state index contributed by atoms with van der Waals surface area (Å²) in [7, 11) is 0. The number of aromatic nitrogens is 2. The molecule has 0 unspecified atom stereocenters. The van der Waals surface area contributed by atoms with E-state index in [0.29, 0.717) is 22.4 Å². The molecule has 0 radical (unpaired) electrons. The minimum Gasteiger partial charge on any atom is -0.457 e. The van der Waals surface area contributed by atoms with Gasteiger partial charge >= 0.3 is 0 Å². The van der Waals surface area contributed by atoms with Crippen molar-refractivity contribution in [3.05, 3.63) is 65.2 Å². The number of carbonyl (C=O) groups is 1. The third-order valence-corrected chi connectivity index (χ3v) is 4.21. The highest BCUT2D eigenvalue weighted by Gasteiger charge is 2.12. The SMILES string of the molecule is CC(C)Cc1nnc(NC(=O)c2cccc(Oc3ccccc3)c2)s1. The van der Waals surface area contributed by atoms with Crippen molar-refractivity contribution in [2.45, 2.75) is 20.3 Å². The summed E-state index contributed by atoms with van der Waals surface area (Å²) in [6, 6.07) is 16.5. The van der Waals surface area contributed by atoms with Gasteiger partial charge in [0, 0.05) is 12.0 Å². The number of ether oxygens (including phenoxy) is 1. The summed E-state index contributed by atoms with van der Waals surface area (Å²) >= 11 is 1.41. The monoisotopic (exact) mass is 353 g/mol. The van der Waals surface area contributed by atoms with Gasteiger partial charge in [0.1, 0.15) is 16.5 Å². The number of para-hydroxylation sites is 1. The summed E-state index contributed by atoms with van der Waals surface area (Å²) in [5.41, 5.74) is 0.508. The molecule has 0 spiro atoms. The van der Waals surface area contributed by atoms with Gasteiger partial charge in [0.25, 0.3) is 5.91 Å².